The van der Waals surface area contributed by atoms with Gasteiger partial charge in [-0.25, -0.2) is 8.42 Å². The molecule has 2 saturated heterocycles. The van der Waals surface area contributed by atoms with Crippen LogP contribution in [0.1, 0.15) is 0 Å². The Morgan fingerprint density at radius 1 is 1.44 bits per heavy atom. The van der Waals surface area contributed by atoms with E-state index < -0.39 is 16.2 Å². The molecule has 92 valence electrons. The van der Waals surface area contributed by atoms with Crippen molar-refractivity contribution in [2.75, 3.05) is 37.9 Å². The van der Waals surface area contributed by atoms with Gasteiger partial charge in [0.25, 0.3) is 0 Å². The number of morpholine rings is 1. The molecule has 1 atom stereocenters. The van der Waals surface area contributed by atoms with Crippen LogP contribution in [0.4, 0.5) is 0 Å². The van der Waals surface area contributed by atoms with E-state index in [0.717, 1.165) is 0 Å². The second-order valence-electron chi connectivity index (χ2n) is 3.70. The summed E-state index contributed by atoms with van der Waals surface area (Å²) in [6.07, 6.45) is -0.515. The monoisotopic (exact) mass is 268 g/mol. The van der Waals surface area contributed by atoms with Crippen molar-refractivity contribution in [2.24, 2.45) is 0 Å². The summed E-state index contributed by atoms with van der Waals surface area (Å²) in [5.41, 5.74) is 0. The van der Waals surface area contributed by atoms with E-state index in [9.17, 15) is 13.2 Å². The Morgan fingerprint density at radius 2 is 2.19 bits per heavy atom. The lowest BCUT2D eigenvalue weighted by Crippen LogP contribution is -2.64. The zero-order chi connectivity index (χ0) is 11.8. The van der Waals surface area contributed by atoms with Gasteiger partial charge >= 0.3 is 0 Å². The van der Waals surface area contributed by atoms with Gasteiger partial charge in [-0.15, -0.1) is 11.6 Å². The molecule has 0 N–H and O–H groups in total. The minimum atomic E-state index is -3.24. The first-order valence-corrected chi connectivity index (χ1v) is 7.13. The second kappa shape index (κ2) is 4.48. The zero-order valence-electron chi connectivity index (χ0n) is 8.63. The van der Waals surface area contributed by atoms with Gasteiger partial charge in [0.05, 0.1) is 19.0 Å². The van der Waals surface area contributed by atoms with Gasteiger partial charge in [-0.05, 0) is 0 Å². The topological polar surface area (TPSA) is 66.9 Å². The molecular weight excluding hydrogens is 256 g/mol. The van der Waals surface area contributed by atoms with E-state index in [0.29, 0.717) is 13.2 Å². The highest BCUT2D eigenvalue weighted by atomic mass is 35.5. The first-order valence-electron chi connectivity index (χ1n) is 4.99. The van der Waals surface area contributed by atoms with E-state index in [2.05, 4.69) is 0 Å². The first-order chi connectivity index (χ1) is 7.56. The molecule has 0 aromatic heterocycles. The van der Waals surface area contributed by atoms with Crippen molar-refractivity contribution in [3.8, 4) is 0 Å². The number of nitrogens with zero attached hydrogens (tertiary/aromatic N) is 2. The summed E-state index contributed by atoms with van der Waals surface area (Å²) in [5, 5.41) is 0. The van der Waals surface area contributed by atoms with Crippen molar-refractivity contribution >= 4 is 27.5 Å². The molecule has 1 unspecified atom stereocenters. The molecule has 0 radical (unpaired) electrons. The second-order valence-corrected chi connectivity index (χ2v) is 6.01. The smallest absolute Gasteiger partial charge is 0.238 e. The number of sulfonamides is 1. The molecule has 0 bridgehead atoms. The average molecular weight is 269 g/mol. The van der Waals surface area contributed by atoms with E-state index in [1.54, 1.807) is 0 Å². The molecule has 8 heteroatoms. The van der Waals surface area contributed by atoms with Crippen molar-refractivity contribution in [3.63, 3.8) is 0 Å². The number of halogens is 1. The maximum absolute atomic E-state index is 11.8. The van der Waals surface area contributed by atoms with Gasteiger partial charge in [0.15, 0.2) is 0 Å². The summed E-state index contributed by atoms with van der Waals surface area (Å²) in [4.78, 5) is 13.0. The maximum atomic E-state index is 11.8. The molecule has 16 heavy (non-hydrogen) atoms. The standard InChI is InChI=1S/C8H13ClN2O4S/c9-5-8(12)10-2-4-16(13,14)11-1-3-15-6-7(10)11/h7H,1-6H2. The van der Waals surface area contributed by atoms with Crippen molar-refractivity contribution < 1.29 is 17.9 Å². The molecular formula is C8H13ClN2O4S. The number of carbonyl (C=O) groups is 1. The van der Waals surface area contributed by atoms with Gasteiger partial charge in [-0.1, -0.05) is 0 Å². The number of fused-ring (bicyclic) bond motifs is 1. The fourth-order valence-corrected chi connectivity index (χ4v) is 3.71. The van der Waals surface area contributed by atoms with Crippen molar-refractivity contribution in [3.05, 3.63) is 0 Å². The number of rotatable bonds is 1. The highest BCUT2D eigenvalue weighted by molar-refractivity contribution is 7.89. The van der Waals surface area contributed by atoms with Crippen LogP contribution >= 0.6 is 11.6 Å². The van der Waals surface area contributed by atoms with Crippen LogP contribution in [0, 0.1) is 0 Å². The molecule has 2 rings (SSSR count). The van der Waals surface area contributed by atoms with E-state index in [4.69, 9.17) is 16.3 Å². The van der Waals surface area contributed by atoms with E-state index in [1.807, 2.05) is 0 Å². The normalized spacial score (nSPS) is 29.8. The fourth-order valence-electron chi connectivity index (χ4n) is 1.99. The quantitative estimate of drug-likeness (QED) is 0.576. The largest absolute Gasteiger partial charge is 0.376 e. The van der Waals surface area contributed by atoms with Gasteiger partial charge in [-0.3, -0.25) is 4.79 Å². The Balaban J connectivity index is 2.24. The third kappa shape index (κ3) is 2.04. The molecule has 1 amide bonds. The van der Waals surface area contributed by atoms with Gasteiger partial charge in [-0.2, -0.15) is 4.31 Å². The van der Waals surface area contributed by atoms with Gasteiger partial charge in [0, 0.05) is 13.1 Å². The van der Waals surface area contributed by atoms with Gasteiger partial charge in [0.2, 0.25) is 15.9 Å². The third-order valence-electron chi connectivity index (χ3n) is 2.80. The van der Waals surface area contributed by atoms with Crippen LogP contribution in [0.2, 0.25) is 0 Å². The minimum Gasteiger partial charge on any atom is -0.376 e. The highest BCUT2D eigenvalue weighted by Gasteiger charge is 2.42. The van der Waals surface area contributed by atoms with Gasteiger partial charge in [0.1, 0.15) is 12.0 Å². The summed E-state index contributed by atoms with van der Waals surface area (Å²) in [7, 11) is -3.24. The minimum absolute atomic E-state index is 0.0356. The molecule has 0 saturated carbocycles. The Bertz CT molecular complexity index is 385. The van der Waals surface area contributed by atoms with Gasteiger partial charge < -0.3 is 9.64 Å². The van der Waals surface area contributed by atoms with Crippen LogP contribution in [-0.4, -0.2) is 67.6 Å². The summed E-state index contributed by atoms with van der Waals surface area (Å²) in [6.45, 7) is 1.10. The zero-order valence-corrected chi connectivity index (χ0v) is 10.2. The molecule has 2 fully saturated rings. The Hall–Kier alpha value is -0.370. The molecule has 2 aliphatic heterocycles. The number of amides is 1. The lowest BCUT2D eigenvalue weighted by molar-refractivity contribution is -0.139. The predicted octanol–water partition coefficient (Wildman–Crippen LogP) is -0.944. The average Bonchev–Trinajstić information content (AvgIpc) is 2.28. The Morgan fingerprint density at radius 3 is 2.88 bits per heavy atom. The summed E-state index contributed by atoms with van der Waals surface area (Å²) in [6, 6.07) is 0. The van der Waals surface area contributed by atoms with Crippen molar-refractivity contribution in [1.82, 2.24) is 9.21 Å². The highest BCUT2D eigenvalue weighted by Crippen LogP contribution is 2.21. The Kier molecular flexibility index (Phi) is 3.39. The summed E-state index contributed by atoms with van der Waals surface area (Å²) in [5.74, 6) is -0.423. The molecule has 0 aromatic rings. The van der Waals surface area contributed by atoms with Crippen LogP contribution in [0.3, 0.4) is 0 Å². The molecule has 2 heterocycles. The fraction of sp³-hybridized carbons (Fsp3) is 0.875. The molecule has 2 aliphatic rings. The number of alkyl halides is 1. The SMILES string of the molecule is O=C(CCl)N1CCS(=O)(=O)N2CCOCC12. The van der Waals surface area contributed by atoms with Crippen LogP contribution in [0.5, 0.6) is 0 Å². The van der Waals surface area contributed by atoms with Crippen LogP contribution in [0.25, 0.3) is 0 Å². The van der Waals surface area contributed by atoms with Crippen LogP contribution < -0.4 is 0 Å². The molecule has 6 nitrogen and oxygen atoms in total. The Labute approximate surface area is 99.1 Å². The molecule has 0 aromatic carbocycles. The lowest BCUT2D eigenvalue weighted by atomic mass is 10.3. The van der Waals surface area contributed by atoms with Crippen LogP contribution in [0.15, 0.2) is 0 Å². The summed E-state index contributed by atoms with van der Waals surface area (Å²) < 4.78 is 30.1. The predicted molar refractivity (Wildman–Crippen MR) is 57.5 cm³/mol. The van der Waals surface area contributed by atoms with Crippen molar-refractivity contribution in [1.29, 1.82) is 0 Å². The number of ether oxygens (including phenoxy) is 1. The van der Waals surface area contributed by atoms with E-state index in [1.165, 1.54) is 9.21 Å². The number of carbonyl (C=O) groups excluding carboxylic acids is 1. The molecule has 0 spiro atoms. The maximum Gasteiger partial charge on any atom is 0.238 e. The molecule has 0 aliphatic carbocycles. The summed E-state index contributed by atoms with van der Waals surface area (Å²) >= 11 is 5.49. The third-order valence-corrected chi connectivity index (χ3v) is 4.86. The van der Waals surface area contributed by atoms with Crippen molar-refractivity contribution in [2.45, 2.75) is 6.17 Å². The van der Waals surface area contributed by atoms with E-state index >= 15 is 0 Å². The first kappa shape index (κ1) is 12.1. The lowest BCUT2D eigenvalue weighted by Gasteiger charge is -2.44. The number of hydrogen-bond acceptors (Lipinski definition) is 4. The number of hydrogen-bond donors (Lipinski definition) is 0. The van der Waals surface area contributed by atoms with E-state index in [-0.39, 0.29) is 30.7 Å². The van der Waals surface area contributed by atoms with Crippen LogP contribution in [-0.2, 0) is 19.6 Å².